The van der Waals surface area contributed by atoms with E-state index in [0.29, 0.717) is 0 Å². The summed E-state index contributed by atoms with van der Waals surface area (Å²) in [6, 6.07) is 9.04. The second-order valence-corrected chi connectivity index (χ2v) is 7.61. The Morgan fingerprint density at radius 2 is 2.00 bits per heavy atom. The van der Waals surface area contributed by atoms with Gasteiger partial charge in [-0.05, 0) is 43.3 Å². The molecule has 2 aromatic heterocycles. The van der Waals surface area contributed by atoms with Gasteiger partial charge in [0.1, 0.15) is 11.5 Å². The molecule has 0 unspecified atom stereocenters. The highest BCUT2D eigenvalue weighted by Crippen LogP contribution is 2.21. The van der Waals surface area contributed by atoms with E-state index >= 15 is 0 Å². The van der Waals surface area contributed by atoms with Crippen LogP contribution in [-0.2, 0) is 14.8 Å². The summed E-state index contributed by atoms with van der Waals surface area (Å²) in [5.74, 6) is -2.36. The molecule has 0 fully saturated rings. The number of nitrogens with zero attached hydrogens (tertiary/aromatic N) is 2. The Kier molecular flexibility index (Phi) is 5.74. The third kappa shape index (κ3) is 4.32. The average molecular weight is 417 g/mol. The summed E-state index contributed by atoms with van der Waals surface area (Å²) in [5, 5.41) is 2.54. The lowest BCUT2D eigenvalue weighted by Gasteiger charge is -2.08. The van der Waals surface area contributed by atoms with Crippen molar-refractivity contribution in [3.05, 3.63) is 78.1 Å². The predicted octanol–water partition coefficient (Wildman–Crippen LogP) is 2.69. The summed E-state index contributed by atoms with van der Waals surface area (Å²) < 4.78 is 45.1. The summed E-state index contributed by atoms with van der Waals surface area (Å²) in [7, 11) is -4.13. The molecule has 150 valence electrons. The molecule has 10 heteroatoms. The summed E-state index contributed by atoms with van der Waals surface area (Å²) >= 11 is 0. The van der Waals surface area contributed by atoms with E-state index in [1.54, 1.807) is 19.1 Å². The third-order valence-corrected chi connectivity index (χ3v) is 5.46. The van der Waals surface area contributed by atoms with E-state index in [-0.39, 0.29) is 22.9 Å². The number of amides is 1. The molecule has 3 aromatic rings. The lowest BCUT2D eigenvalue weighted by Crippen LogP contribution is -2.15. The normalized spacial score (nSPS) is 11.1. The maximum absolute atomic E-state index is 13.9. The molecule has 0 radical (unpaired) electrons. The van der Waals surface area contributed by atoms with Gasteiger partial charge in [-0.3, -0.25) is 9.78 Å². The van der Waals surface area contributed by atoms with E-state index in [2.05, 4.69) is 10.3 Å². The van der Waals surface area contributed by atoms with Crippen LogP contribution >= 0.6 is 0 Å². The first kappa shape index (κ1) is 20.2. The molecule has 0 atom stereocenters. The SMILES string of the molecule is CCOC(=O)c1cc(S(=O)(=O)n2ccc(NC(=O)c3ccccn3)c2)ccc1F. The zero-order chi connectivity index (χ0) is 21.0. The molecule has 0 aliphatic heterocycles. The minimum atomic E-state index is -4.13. The van der Waals surface area contributed by atoms with E-state index < -0.39 is 33.3 Å². The van der Waals surface area contributed by atoms with Crippen LogP contribution in [0.15, 0.2) is 66.0 Å². The van der Waals surface area contributed by atoms with Crippen molar-refractivity contribution in [3.8, 4) is 0 Å². The minimum absolute atomic E-state index is 0.0200. The number of halogens is 1. The molecular weight excluding hydrogens is 401 g/mol. The molecule has 0 aliphatic carbocycles. The zero-order valence-corrected chi connectivity index (χ0v) is 16.0. The highest BCUT2D eigenvalue weighted by molar-refractivity contribution is 7.90. The number of aromatic nitrogens is 2. The number of carbonyl (C=O) groups excluding carboxylic acids is 2. The third-order valence-electron chi connectivity index (χ3n) is 3.83. The number of hydrogen-bond donors (Lipinski definition) is 1. The van der Waals surface area contributed by atoms with Crippen LogP contribution in [0.1, 0.15) is 27.8 Å². The van der Waals surface area contributed by atoms with E-state index in [1.165, 1.54) is 30.7 Å². The minimum Gasteiger partial charge on any atom is -0.462 e. The molecule has 1 aromatic carbocycles. The molecule has 0 saturated carbocycles. The number of carbonyl (C=O) groups is 2. The largest absolute Gasteiger partial charge is 0.462 e. The van der Waals surface area contributed by atoms with Crippen LogP contribution in [0, 0.1) is 5.82 Å². The Hall–Kier alpha value is -3.53. The summed E-state index contributed by atoms with van der Waals surface area (Å²) in [6.45, 7) is 1.57. The van der Waals surface area contributed by atoms with Crippen LogP contribution in [0.25, 0.3) is 0 Å². The summed E-state index contributed by atoms with van der Waals surface area (Å²) in [4.78, 5) is 27.6. The quantitative estimate of drug-likeness (QED) is 0.618. The molecule has 0 spiro atoms. The van der Waals surface area contributed by atoms with Gasteiger partial charge in [0.05, 0.1) is 22.8 Å². The lowest BCUT2D eigenvalue weighted by atomic mass is 10.2. The maximum atomic E-state index is 13.9. The Bertz CT molecular complexity index is 1160. The Labute approximate surface area is 166 Å². The monoisotopic (exact) mass is 417 g/mol. The highest BCUT2D eigenvalue weighted by atomic mass is 32.2. The number of rotatable bonds is 6. The van der Waals surface area contributed by atoms with Gasteiger partial charge in [0.25, 0.3) is 15.9 Å². The number of benzene rings is 1. The molecule has 3 rings (SSSR count). The van der Waals surface area contributed by atoms with Crippen LogP contribution < -0.4 is 5.32 Å². The Balaban J connectivity index is 1.87. The fourth-order valence-electron chi connectivity index (χ4n) is 2.44. The first-order chi connectivity index (χ1) is 13.8. The standard InChI is InChI=1S/C19H16FN3O5S/c1-2-28-19(25)15-11-14(6-7-16(15)20)29(26,27)23-10-8-13(12-23)22-18(24)17-5-3-4-9-21-17/h3-12H,2H2,1H3,(H,22,24). The van der Waals surface area contributed by atoms with Crippen molar-refractivity contribution < 1.29 is 27.1 Å². The van der Waals surface area contributed by atoms with Gasteiger partial charge in [0, 0.05) is 18.6 Å². The number of esters is 1. The molecule has 29 heavy (non-hydrogen) atoms. The van der Waals surface area contributed by atoms with Crippen molar-refractivity contribution in [1.29, 1.82) is 0 Å². The smallest absolute Gasteiger partial charge is 0.341 e. The summed E-state index contributed by atoms with van der Waals surface area (Å²) in [6.07, 6.45) is 3.86. The average Bonchev–Trinajstić information content (AvgIpc) is 3.18. The van der Waals surface area contributed by atoms with Gasteiger partial charge in [-0.25, -0.2) is 21.6 Å². The van der Waals surface area contributed by atoms with Gasteiger partial charge in [0.2, 0.25) is 0 Å². The molecule has 1 amide bonds. The fourth-order valence-corrected chi connectivity index (χ4v) is 3.67. The number of anilines is 1. The van der Waals surface area contributed by atoms with Crippen molar-refractivity contribution >= 4 is 27.6 Å². The topological polar surface area (TPSA) is 107 Å². The van der Waals surface area contributed by atoms with Gasteiger partial charge >= 0.3 is 5.97 Å². The van der Waals surface area contributed by atoms with Gasteiger partial charge in [-0.15, -0.1) is 0 Å². The fraction of sp³-hybridized carbons (Fsp3) is 0.105. The Morgan fingerprint density at radius 3 is 2.69 bits per heavy atom. The first-order valence-corrected chi connectivity index (χ1v) is 9.89. The van der Waals surface area contributed by atoms with Crippen molar-refractivity contribution in [3.63, 3.8) is 0 Å². The number of nitrogens with one attached hydrogen (secondary N) is 1. The van der Waals surface area contributed by atoms with Crippen LogP contribution in [0.5, 0.6) is 0 Å². The van der Waals surface area contributed by atoms with Gasteiger partial charge in [-0.2, -0.15) is 0 Å². The van der Waals surface area contributed by atoms with Crippen molar-refractivity contribution in [2.24, 2.45) is 0 Å². The van der Waals surface area contributed by atoms with Crippen molar-refractivity contribution in [2.75, 3.05) is 11.9 Å². The van der Waals surface area contributed by atoms with Crippen molar-refractivity contribution in [1.82, 2.24) is 8.96 Å². The van der Waals surface area contributed by atoms with E-state index in [0.717, 1.165) is 22.2 Å². The number of ether oxygens (including phenoxy) is 1. The molecular formula is C19H16FN3O5S. The molecule has 0 bridgehead atoms. The molecule has 0 saturated heterocycles. The molecule has 2 heterocycles. The van der Waals surface area contributed by atoms with Gasteiger partial charge in [0.15, 0.2) is 0 Å². The van der Waals surface area contributed by atoms with Crippen LogP contribution in [0.2, 0.25) is 0 Å². The molecule has 1 N–H and O–H groups in total. The predicted molar refractivity (Wildman–Crippen MR) is 102 cm³/mol. The number of pyridine rings is 1. The first-order valence-electron chi connectivity index (χ1n) is 8.45. The maximum Gasteiger partial charge on any atom is 0.341 e. The highest BCUT2D eigenvalue weighted by Gasteiger charge is 2.22. The van der Waals surface area contributed by atoms with Crippen molar-refractivity contribution in [2.45, 2.75) is 11.8 Å². The van der Waals surface area contributed by atoms with E-state index in [1.807, 2.05) is 0 Å². The number of hydrogen-bond acceptors (Lipinski definition) is 6. The van der Waals surface area contributed by atoms with Gasteiger partial charge in [-0.1, -0.05) is 6.07 Å². The van der Waals surface area contributed by atoms with E-state index in [9.17, 15) is 22.4 Å². The van der Waals surface area contributed by atoms with Gasteiger partial charge < -0.3 is 10.1 Å². The van der Waals surface area contributed by atoms with Crippen LogP contribution in [0.4, 0.5) is 10.1 Å². The second kappa shape index (κ2) is 8.23. The zero-order valence-electron chi connectivity index (χ0n) is 15.2. The molecule has 8 nitrogen and oxygen atoms in total. The molecule has 0 aliphatic rings. The second-order valence-electron chi connectivity index (χ2n) is 5.77. The lowest BCUT2D eigenvalue weighted by molar-refractivity contribution is 0.0520. The van der Waals surface area contributed by atoms with E-state index in [4.69, 9.17) is 4.74 Å². The Morgan fingerprint density at radius 1 is 1.21 bits per heavy atom. The van der Waals surface area contributed by atoms with Crippen LogP contribution in [0.3, 0.4) is 0 Å². The summed E-state index contributed by atoms with van der Waals surface area (Å²) in [5.41, 5.74) is -0.0959. The van der Waals surface area contributed by atoms with Crippen LogP contribution in [-0.4, -0.2) is 35.9 Å².